The third kappa shape index (κ3) is 3.39. The Kier molecular flexibility index (Phi) is 4.42. The molecule has 5 nitrogen and oxygen atoms in total. The van der Waals surface area contributed by atoms with Crippen LogP contribution in [-0.2, 0) is 11.2 Å². The predicted octanol–water partition coefficient (Wildman–Crippen LogP) is 3.20. The summed E-state index contributed by atoms with van der Waals surface area (Å²) >= 11 is 5.82. The van der Waals surface area contributed by atoms with E-state index < -0.39 is 5.97 Å². The largest absolute Gasteiger partial charge is 0.478 e. The van der Waals surface area contributed by atoms with Crippen molar-refractivity contribution >= 4 is 29.2 Å². The maximum absolute atomic E-state index is 11.8. The van der Waals surface area contributed by atoms with Crippen LogP contribution in [0.15, 0.2) is 41.0 Å². The van der Waals surface area contributed by atoms with Crippen LogP contribution in [0, 0.1) is 0 Å². The van der Waals surface area contributed by atoms with Gasteiger partial charge >= 0.3 is 5.97 Å². The van der Waals surface area contributed by atoms with Crippen LogP contribution in [0.1, 0.15) is 22.5 Å². The second-order valence-corrected chi connectivity index (χ2v) is 4.50. The van der Waals surface area contributed by atoms with Crippen molar-refractivity contribution in [1.29, 1.82) is 0 Å². The van der Waals surface area contributed by atoms with Crippen molar-refractivity contribution in [2.24, 2.45) is 0 Å². The Bertz CT molecular complexity index is 622. The molecule has 0 fully saturated rings. The van der Waals surface area contributed by atoms with Gasteiger partial charge in [-0.1, -0.05) is 17.7 Å². The Morgan fingerprint density at radius 2 is 2.05 bits per heavy atom. The number of carboxylic acids is 1. The lowest BCUT2D eigenvalue weighted by molar-refractivity contribution is -0.116. The van der Waals surface area contributed by atoms with Gasteiger partial charge in [0.15, 0.2) is 0 Å². The van der Waals surface area contributed by atoms with Gasteiger partial charge in [0.05, 0.1) is 17.0 Å². The van der Waals surface area contributed by atoms with Gasteiger partial charge in [0.25, 0.3) is 0 Å². The number of amides is 1. The summed E-state index contributed by atoms with van der Waals surface area (Å²) < 4.78 is 5.12. The molecule has 0 unspecified atom stereocenters. The monoisotopic (exact) mass is 293 g/mol. The minimum atomic E-state index is -1.18. The zero-order valence-electron chi connectivity index (χ0n) is 10.4. The van der Waals surface area contributed by atoms with Gasteiger partial charge in [-0.2, -0.15) is 0 Å². The predicted molar refractivity (Wildman–Crippen MR) is 74.1 cm³/mol. The van der Waals surface area contributed by atoms with Gasteiger partial charge in [-0.05, 0) is 24.3 Å². The number of nitrogens with one attached hydrogen (secondary N) is 1. The molecule has 1 aromatic heterocycles. The SMILES string of the molecule is O=C(CCc1ccco1)Nc1cccc(Cl)c1C(=O)O. The fraction of sp³-hybridized carbons (Fsp3) is 0.143. The first kappa shape index (κ1) is 14.1. The van der Waals surface area contributed by atoms with Crippen molar-refractivity contribution in [3.63, 3.8) is 0 Å². The van der Waals surface area contributed by atoms with Gasteiger partial charge in [0, 0.05) is 12.8 Å². The second kappa shape index (κ2) is 6.25. The van der Waals surface area contributed by atoms with Crippen LogP contribution in [0.25, 0.3) is 0 Å². The summed E-state index contributed by atoms with van der Waals surface area (Å²) in [5, 5.41) is 11.7. The molecule has 20 heavy (non-hydrogen) atoms. The number of hydrogen-bond donors (Lipinski definition) is 2. The van der Waals surface area contributed by atoms with Crippen molar-refractivity contribution in [2.45, 2.75) is 12.8 Å². The number of carbonyl (C=O) groups excluding carboxylic acids is 1. The lowest BCUT2D eigenvalue weighted by Gasteiger charge is -2.09. The van der Waals surface area contributed by atoms with Gasteiger partial charge in [-0.25, -0.2) is 4.79 Å². The Morgan fingerprint density at radius 1 is 1.25 bits per heavy atom. The fourth-order valence-electron chi connectivity index (χ4n) is 1.75. The topological polar surface area (TPSA) is 79.5 Å². The molecular formula is C14H12ClNO4. The highest BCUT2D eigenvalue weighted by atomic mass is 35.5. The van der Waals surface area contributed by atoms with E-state index in [1.807, 2.05) is 0 Å². The van der Waals surface area contributed by atoms with Crippen LogP contribution in [0.4, 0.5) is 5.69 Å². The Labute approximate surface area is 120 Å². The molecule has 0 spiro atoms. The Balaban J connectivity index is 2.04. The second-order valence-electron chi connectivity index (χ2n) is 4.10. The number of aromatic carboxylic acids is 1. The van der Waals surface area contributed by atoms with E-state index in [2.05, 4.69) is 5.32 Å². The summed E-state index contributed by atoms with van der Waals surface area (Å²) in [5.41, 5.74) is 0.0787. The molecule has 0 saturated carbocycles. The molecule has 2 rings (SSSR count). The number of halogens is 1. The number of anilines is 1. The quantitative estimate of drug-likeness (QED) is 0.887. The lowest BCUT2D eigenvalue weighted by atomic mass is 10.1. The van der Waals surface area contributed by atoms with Crippen molar-refractivity contribution in [2.75, 3.05) is 5.32 Å². The summed E-state index contributed by atoms with van der Waals surface area (Å²) in [5.74, 6) is -0.784. The average molecular weight is 294 g/mol. The smallest absolute Gasteiger partial charge is 0.339 e. The van der Waals surface area contributed by atoms with E-state index in [9.17, 15) is 9.59 Å². The molecule has 0 atom stereocenters. The maximum Gasteiger partial charge on any atom is 0.339 e. The van der Waals surface area contributed by atoms with E-state index in [0.29, 0.717) is 12.2 Å². The first-order valence-electron chi connectivity index (χ1n) is 5.92. The first-order chi connectivity index (χ1) is 9.58. The summed E-state index contributed by atoms with van der Waals surface area (Å²) in [4.78, 5) is 22.9. The third-order valence-electron chi connectivity index (χ3n) is 2.68. The third-order valence-corrected chi connectivity index (χ3v) is 3.00. The summed E-state index contributed by atoms with van der Waals surface area (Å²) in [7, 11) is 0. The molecule has 1 heterocycles. The maximum atomic E-state index is 11.8. The molecule has 2 aromatic rings. The van der Waals surface area contributed by atoms with Crippen molar-refractivity contribution in [3.8, 4) is 0 Å². The van der Waals surface area contributed by atoms with Crippen LogP contribution in [0.2, 0.25) is 5.02 Å². The molecule has 0 saturated heterocycles. The Hall–Kier alpha value is -2.27. The van der Waals surface area contributed by atoms with E-state index in [0.717, 1.165) is 0 Å². The van der Waals surface area contributed by atoms with Gasteiger partial charge in [0.2, 0.25) is 5.91 Å². The van der Waals surface area contributed by atoms with Crippen LogP contribution < -0.4 is 5.32 Å². The highest BCUT2D eigenvalue weighted by Crippen LogP contribution is 2.24. The zero-order chi connectivity index (χ0) is 14.5. The van der Waals surface area contributed by atoms with Crippen LogP contribution in [0.5, 0.6) is 0 Å². The molecule has 6 heteroatoms. The van der Waals surface area contributed by atoms with Gasteiger partial charge in [-0.15, -0.1) is 0 Å². The van der Waals surface area contributed by atoms with Crippen molar-refractivity contribution in [3.05, 3.63) is 52.9 Å². The normalized spacial score (nSPS) is 10.2. The molecule has 2 N–H and O–H groups in total. The molecule has 0 aliphatic rings. The minimum Gasteiger partial charge on any atom is -0.478 e. The summed E-state index contributed by atoms with van der Waals surface area (Å²) in [6, 6.07) is 8.06. The van der Waals surface area contributed by atoms with E-state index in [1.165, 1.54) is 18.4 Å². The molecule has 1 amide bonds. The number of carboxylic acid groups (broad SMARTS) is 1. The van der Waals surface area contributed by atoms with E-state index >= 15 is 0 Å². The number of furan rings is 1. The molecule has 0 aliphatic carbocycles. The number of aryl methyl sites for hydroxylation is 1. The van der Waals surface area contributed by atoms with Gasteiger partial charge < -0.3 is 14.8 Å². The van der Waals surface area contributed by atoms with E-state index in [4.69, 9.17) is 21.1 Å². The Morgan fingerprint density at radius 3 is 2.70 bits per heavy atom. The van der Waals surface area contributed by atoms with Crippen molar-refractivity contribution in [1.82, 2.24) is 0 Å². The van der Waals surface area contributed by atoms with E-state index in [-0.39, 0.29) is 28.6 Å². The highest BCUT2D eigenvalue weighted by molar-refractivity contribution is 6.34. The van der Waals surface area contributed by atoms with Crippen LogP contribution in [0.3, 0.4) is 0 Å². The zero-order valence-corrected chi connectivity index (χ0v) is 11.2. The summed E-state index contributed by atoms with van der Waals surface area (Å²) in [6.07, 6.45) is 2.17. The number of carbonyl (C=O) groups is 2. The van der Waals surface area contributed by atoms with E-state index in [1.54, 1.807) is 18.2 Å². The van der Waals surface area contributed by atoms with Gasteiger partial charge in [-0.3, -0.25) is 4.79 Å². The summed E-state index contributed by atoms with van der Waals surface area (Å²) in [6.45, 7) is 0. The number of hydrogen-bond acceptors (Lipinski definition) is 3. The minimum absolute atomic E-state index is 0.0846. The molecule has 104 valence electrons. The molecule has 1 aromatic carbocycles. The fourth-order valence-corrected chi connectivity index (χ4v) is 2.01. The van der Waals surface area contributed by atoms with Gasteiger partial charge in [0.1, 0.15) is 11.3 Å². The average Bonchev–Trinajstić information content (AvgIpc) is 2.89. The number of rotatable bonds is 5. The molecule has 0 radical (unpaired) electrons. The highest BCUT2D eigenvalue weighted by Gasteiger charge is 2.16. The standard InChI is InChI=1S/C14H12ClNO4/c15-10-4-1-5-11(13(10)14(18)19)16-12(17)7-6-9-3-2-8-20-9/h1-5,8H,6-7H2,(H,16,17)(H,18,19). The first-order valence-corrected chi connectivity index (χ1v) is 6.30. The van der Waals surface area contributed by atoms with Crippen molar-refractivity contribution < 1.29 is 19.1 Å². The molecule has 0 aliphatic heterocycles. The van der Waals surface area contributed by atoms with Crippen LogP contribution >= 0.6 is 11.6 Å². The van der Waals surface area contributed by atoms with Crippen LogP contribution in [-0.4, -0.2) is 17.0 Å². The number of benzene rings is 1. The molecule has 0 bridgehead atoms. The molecular weight excluding hydrogens is 282 g/mol. The lowest BCUT2D eigenvalue weighted by Crippen LogP contribution is -2.15.